The molecule has 2 rings (SSSR count). The quantitative estimate of drug-likeness (QED) is 0.632. The standard InChI is InChI=1S/C17H28N2O/c1-13(2)20-15-9-7-8-14(12-15)16(19-18)17(3)10-5-4-6-11-17/h7-9,12-13,16,19H,4-6,10-11,18H2,1-3H3. The third-order valence-electron chi connectivity index (χ3n) is 4.42. The van der Waals surface area contributed by atoms with Gasteiger partial charge < -0.3 is 4.74 Å². The van der Waals surface area contributed by atoms with E-state index in [4.69, 9.17) is 10.6 Å². The normalized spacial score (nSPS) is 19.9. The molecule has 0 spiro atoms. The van der Waals surface area contributed by atoms with Crippen LogP contribution in [0, 0.1) is 5.41 Å². The number of nitrogens with two attached hydrogens (primary N) is 1. The van der Waals surface area contributed by atoms with Crippen molar-refractivity contribution in [3.05, 3.63) is 29.8 Å². The molecule has 1 aliphatic carbocycles. The van der Waals surface area contributed by atoms with E-state index in [9.17, 15) is 0 Å². The molecule has 20 heavy (non-hydrogen) atoms. The molecular formula is C17H28N2O. The highest BCUT2D eigenvalue weighted by Crippen LogP contribution is 2.45. The van der Waals surface area contributed by atoms with Gasteiger partial charge in [0.1, 0.15) is 5.75 Å². The number of hydrogen-bond donors (Lipinski definition) is 2. The van der Waals surface area contributed by atoms with Gasteiger partial charge in [-0.1, -0.05) is 38.3 Å². The minimum absolute atomic E-state index is 0.193. The van der Waals surface area contributed by atoms with Crippen molar-refractivity contribution in [2.24, 2.45) is 11.3 Å². The summed E-state index contributed by atoms with van der Waals surface area (Å²) in [6, 6.07) is 8.55. The molecule has 0 heterocycles. The van der Waals surface area contributed by atoms with Crippen molar-refractivity contribution < 1.29 is 4.74 Å². The van der Waals surface area contributed by atoms with Crippen molar-refractivity contribution >= 4 is 0 Å². The Morgan fingerprint density at radius 2 is 1.90 bits per heavy atom. The molecule has 0 saturated heterocycles. The van der Waals surface area contributed by atoms with Crippen LogP contribution in [0.2, 0.25) is 0 Å². The molecule has 1 fully saturated rings. The molecule has 0 bridgehead atoms. The monoisotopic (exact) mass is 276 g/mol. The second-order valence-corrected chi connectivity index (χ2v) is 6.55. The van der Waals surface area contributed by atoms with Gasteiger partial charge in [-0.3, -0.25) is 11.3 Å². The molecule has 0 aromatic heterocycles. The van der Waals surface area contributed by atoms with Gasteiger partial charge in [-0.25, -0.2) is 0 Å². The average Bonchev–Trinajstić information content (AvgIpc) is 2.39. The number of rotatable bonds is 5. The average molecular weight is 276 g/mol. The van der Waals surface area contributed by atoms with Crippen LogP contribution >= 0.6 is 0 Å². The van der Waals surface area contributed by atoms with Gasteiger partial charge in [0, 0.05) is 0 Å². The van der Waals surface area contributed by atoms with Gasteiger partial charge >= 0.3 is 0 Å². The van der Waals surface area contributed by atoms with E-state index in [1.807, 2.05) is 19.9 Å². The van der Waals surface area contributed by atoms with E-state index in [1.54, 1.807) is 0 Å². The van der Waals surface area contributed by atoms with Crippen LogP contribution in [0.15, 0.2) is 24.3 Å². The summed E-state index contributed by atoms with van der Waals surface area (Å²) < 4.78 is 5.80. The molecule has 1 aromatic carbocycles. The van der Waals surface area contributed by atoms with Crippen LogP contribution in [-0.4, -0.2) is 6.10 Å². The Morgan fingerprint density at radius 1 is 1.20 bits per heavy atom. The molecule has 112 valence electrons. The first-order valence-corrected chi connectivity index (χ1v) is 7.78. The molecule has 1 aliphatic rings. The molecule has 1 saturated carbocycles. The van der Waals surface area contributed by atoms with E-state index < -0.39 is 0 Å². The van der Waals surface area contributed by atoms with Gasteiger partial charge in [0.15, 0.2) is 0 Å². The van der Waals surface area contributed by atoms with Crippen LogP contribution in [0.1, 0.15) is 64.5 Å². The summed E-state index contributed by atoms with van der Waals surface area (Å²) in [7, 11) is 0. The minimum atomic E-state index is 0.193. The zero-order valence-electron chi connectivity index (χ0n) is 13.0. The molecule has 3 nitrogen and oxygen atoms in total. The first-order chi connectivity index (χ1) is 9.55. The van der Waals surface area contributed by atoms with E-state index in [-0.39, 0.29) is 17.6 Å². The predicted molar refractivity (Wildman–Crippen MR) is 83.5 cm³/mol. The molecule has 3 heteroatoms. The number of ether oxygens (including phenoxy) is 1. The van der Waals surface area contributed by atoms with E-state index >= 15 is 0 Å². The van der Waals surface area contributed by atoms with Crippen molar-refractivity contribution in [2.75, 3.05) is 0 Å². The Kier molecular flexibility index (Phi) is 5.06. The molecule has 1 atom stereocenters. The van der Waals surface area contributed by atoms with E-state index in [1.165, 1.54) is 37.7 Å². The molecule has 0 amide bonds. The Bertz CT molecular complexity index is 425. The highest BCUT2D eigenvalue weighted by atomic mass is 16.5. The summed E-state index contributed by atoms with van der Waals surface area (Å²) in [5, 5.41) is 0. The summed E-state index contributed by atoms with van der Waals surface area (Å²) >= 11 is 0. The third-order valence-corrected chi connectivity index (χ3v) is 4.42. The summed E-state index contributed by atoms with van der Waals surface area (Å²) in [5.74, 6) is 6.81. The Balaban J connectivity index is 2.22. The predicted octanol–water partition coefficient (Wildman–Crippen LogP) is 3.95. The summed E-state index contributed by atoms with van der Waals surface area (Å²) in [4.78, 5) is 0. The van der Waals surface area contributed by atoms with Crippen molar-refractivity contribution in [3.63, 3.8) is 0 Å². The smallest absolute Gasteiger partial charge is 0.120 e. The largest absolute Gasteiger partial charge is 0.491 e. The minimum Gasteiger partial charge on any atom is -0.491 e. The lowest BCUT2D eigenvalue weighted by atomic mass is 9.69. The van der Waals surface area contributed by atoms with Crippen LogP contribution in [0.4, 0.5) is 0 Å². The van der Waals surface area contributed by atoms with Crippen molar-refractivity contribution in [2.45, 2.75) is 65.0 Å². The van der Waals surface area contributed by atoms with Crippen LogP contribution < -0.4 is 16.0 Å². The fraction of sp³-hybridized carbons (Fsp3) is 0.647. The second kappa shape index (κ2) is 6.59. The van der Waals surface area contributed by atoms with Gasteiger partial charge in [0.05, 0.1) is 12.1 Å². The van der Waals surface area contributed by atoms with E-state index in [0.717, 1.165) is 5.75 Å². The fourth-order valence-electron chi connectivity index (χ4n) is 3.39. The Labute approximate surface area is 122 Å². The molecule has 0 radical (unpaired) electrons. The van der Waals surface area contributed by atoms with Gasteiger partial charge in [-0.05, 0) is 49.8 Å². The zero-order valence-corrected chi connectivity index (χ0v) is 13.0. The number of nitrogens with one attached hydrogen (secondary N) is 1. The highest BCUT2D eigenvalue weighted by Gasteiger charge is 2.35. The van der Waals surface area contributed by atoms with E-state index in [2.05, 4.69) is 30.5 Å². The lowest BCUT2D eigenvalue weighted by Crippen LogP contribution is -2.41. The lowest BCUT2D eigenvalue weighted by molar-refractivity contribution is 0.144. The molecule has 1 aromatic rings. The molecular weight excluding hydrogens is 248 g/mol. The topological polar surface area (TPSA) is 47.3 Å². The highest BCUT2D eigenvalue weighted by molar-refractivity contribution is 5.32. The van der Waals surface area contributed by atoms with Crippen molar-refractivity contribution in [1.82, 2.24) is 5.43 Å². The fourth-order valence-corrected chi connectivity index (χ4v) is 3.39. The van der Waals surface area contributed by atoms with Gasteiger partial charge in [0.2, 0.25) is 0 Å². The SMILES string of the molecule is CC(C)Oc1cccc(C(NN)C2(C)CCCCC2)c1. The van der Waals surface area contributed by atoms with Crippen LogP contribution in [-0.2, 0) is 0 Å². The summed E-state index contributed by atoms with van der Waals surface area (Å²) in [6.07, 6.45) is 6.62. The maximum atomic E-state index is 5.88. The lowest BCUT2D eigenvalue weighted by Gasteiger charge is -2.40. The van der Waals surface area contributed by atoms with Gasteiger partial charge in [-0.15, -0.1) is 0 Å². The van der Waals surface area contributed by atoms with Crippen LogP contribution in [0.25, 0.3) is 0 Å². The maximum absolute atomic E-state index is 5.88. The third kappa shape index (κ3) is 3.53. The van der Waals surface area contributed by atoms with E-state index in [0.29, 0.717) is 0 Å². The number of benzene rings is 1. The second-order valence-electron chi connectivity index (χ2n) is 6.55. The van der Waals surface area contributed by atoms with Crippen LogP contribution in [0.3, 0.4) is 0 Å². The summed E-state index contributed by atoms with van der Waals surface area (Å²) in [6.45, 7) is 6.45. The van der Waals surface area contributed by atoms with Gasteiger partial charge in [-0.2, -0.15) is 0 Å². The Hall–Kier alpha value is -1.06. The first kappa shape index (κ1) is 15.3. The molecule has 3 N–H and O–H groups in total. The van der Waals surface area contributed by atoms with Crippen molar-refractivity contribution in [1.29, 1.82) is 0 Å². The molecule has 0 aliphatic heterocycles. The van der Waals surface area contributed by atoms with Crippen LogP contribution in [0.5, 0.6) is 5.75 Å². The number of hydrazine groups is 1. The Morgan fingerprint density at radius 3 is 2.50 bits per heavy atom. The molecule has 1 unspecified atom stereocenters. The summed E-state index contributed by atoms with van der Waals surface area (Å²) in [5.41, 5.74) is 4.52. The zero-order chi connectivity index (χ0) is 14.6. The maximum Gasteiger partial charge on any atom is 0.120 e. The van der Waals surface area contributed by atoms with Gasteiger partial charge in [0.25, 0.3) is 0 Å². The first-order valence-electron chi connectivity index (χ1n) is 7.78. The van der Waals surface area contributed by atoms with Crippen molar-refractivity contribution in [3.8, 4) is 5.75 Å². The number of hydrogen-bond acceptors (Lipinski definition) is 3.